The van der Waals surface area contributed by atoms with Gasteiger partial charge in [0.15, 0.2) is 0 Å². The van der Waals surface area contributed by atoms with Crippen molar-refractivity contribution in [3.8, 4) is 0 Å². The number of para-hydroxylation sites is 2. The first kappa shape index (κ1) is 21.4. The molecule has 0 radical (unpaired) electrons. The Bertz CT molecular complexity index is 948. The molecule has 5 heteroatoms. The van der Waals surface area contributed by atoms with Crippen LogP contribution < -0.4 is 5.32 Å². The zero-order valence-electron chi connectivity index (χ0n) is 17.3. The Labute approximate surface area is 178 Å². The van der Waals surface area contributed by atoms with Crippen molar-refractivity contribution in [2.75, 3.05) is 6.54 Å². The summed E-state index contributed by atoms with van der Waals surface area (Å²) in [5, 5.41) is 3.55. The van der Waals surface area contributed by atoms with Crippen LogP contribution in [0.4, 0.5) is 0 Å². The summed E-state index contributed by atoms with van der Waals surface area (Å²) in [7, 11) is 0. The second kappa shape index (κ2) is 10.4. The smallest absolute Gasteiger partial charge is 0.251 e. The van der Waals surface area contributed by atoms with E-state index in [4.69, 9.17) is 16.6 Å². The molecule has 0 aliphatic carbocycles. The van der Waals surface area contributed by atoms with E-state index in [1.807, 2.05) is 0 Å². The van der Waals surface area contributed by atoms with Gasteiger partial charge in [-0.05, 0) is 55.5 Å². The van der Waals surface area contributed by atoms with Gasteiger partial charge in [0, 0.05) is 30.1 Å². The van der Waals surface area contributed by atoms with E-state index in [0.717, 1.165) is 44.2 Å². The Morgan fingerprint density at radius 2 is 1.93 bits per heavy atom. The average Bonchev–Trinajstić information content (AvgIpc) is 3.06. The van der Waals surface area contributed by atoms with Crippen LogP contribution in [0, 0.1) is 5.92 Å². The van der Waals surface area contributed by atoms with E-state index in [9.17, 15) is 4.79 Å². The lowest BCUT2D eigenvalue weighted by atomic mass is 10.1. The van der Waals surface area contributed by atoms with E-state index in [0.29, 0.717) is 23.0 Å². The normalized spacial score (nSPS) is 11.3. The Morgan fingerprint density at radius 3 is 2.72 bits per heavy atom. The number of imidazole rings is 1. The van der Waals surface area contributed by atoms with Crippen LogP contribution in [0.1, 0.15) is 55.7 Å². The molecule has 0 spiro atoms. The van der Waals surface area contributed by atoms with Crippen molar-refractivity contribution in [2.45, 2.75) is 52.5 Å². The van der Waals surface area contributed by atoms with Crippen LogP contribution in [0.2, 0.25) is 5.02 Å². The predicted octanol–water partition coefficient (Wildman–Crippen LogP) is 5.88. The summed E-state index contributed by atoms with van der Waals surface area (Å²) in [6.45, 7) is 6.21. The van der Waals surface area contributed by atoms with Crippen molar-refractivity contribution in [1.29, 1.82) is 0 Å². The topological polar surface area (TPSA) is 46.9 Å². The molecular weight excluding hydrogens is 382 g/mol. The Balaban J connectivity index is 1.47. The molecule has 0 bridgehead atoms. The van der Waals surface area contributed by atoms with Crippen LogP contribution in [0.25, 0.3) is 11.0 Å². The second-order valence-electron chi connectivity index (χ2n) is 7.93. The fourth-order valence-electron chi connectivity index (χ4n) is 3.47. The Morgan fingerprint density at radius 1 is 1.10 bits per heavy atom. The number of aromatic nitrogens is 2. The highest BCUT2D eigenvalue weighted by Crippen LogP contribution is 2.19. The lowest BCUT2D eigenvalue weighted by Crippen LogP contribution is -2.24. The molecule has 3 rings (SSSR count). The number of nitrogens with zero attached hydrogens (tertiary/aromatic N) is 2. The number of fused-ring (bicyclic) bond motifs is 1. The fraction of sp³-hybridized carbons (Fsp3) is 0.417. The van der Waals surface area contributed by atoms with E-state index >= 15 is 0 Å². The van der Waals surface area contributed by atoms with E-state index in [2.05, 4.69) is 48.0 Å². The van der Waals surface area contributed by atoms with Gasteiger partial charge in [-0.25, -0.2) is 4.98 Å². The Kier molecular flexibility index (Phi) is 7.70. The second-order valence-corrected chi connectivity index (χ2v) is 8.36. The fourth-order valence-corrected chi connectivity index (χ4v) is 3.66. The number of carbonyl (C=O) groups is 1. The summed E-state index contributed by atoms with van der Waals surface area (Å²) in [6.07, 6.45) is 5.21. The molecule has 1 aromatic heterocycles. The summed E-state index contributed by atoms with van der Waals surface area (Å²) in [6, 6.07) is 15.4. The highest BCUT2D eigenvalue weighted by Gasteiger charge is 2.11. The highest BCUT2D eigenvalue weighted by molar-refractivity contribution is 6.30. The zero-order chi connectivity index (χ0) is 20.6. The molecule has 1 heterocycles. The van der Waals surface area contributed by atoms with Crippen molar-refractivity contribution in [3.63, 3.8) is 0 Å². The van der Waals surface area contributed by atoms with E-state index in [1.54, 1.807) is 24.3 Å². The SMILES string of the molecule is CC(C)CCn1c(CCCCCNC(=O)c2cccc(Cl)c2)nc2ccccc21. The van der Waals surface area contributed by atoms with Gasteiger partial charge in [0.05, 0.1) is 11.0 Å². The maximum absolute atomic E-state index is 12.1. The van der Waals surface area contributed by atoms with Gasteiger partial charge in [0.2, 0.25) is 0 Å². The lowest BCUT2D eigenvalue weighted by molar-refractivity contribution is 0.0953. The molecule has 0 saturated carbocycles. The molecule has 0 unspecified atom stereocenters. The number of hydrogen-bond acceptors (Lipinski definition) is 2. The monoisotopic (exact) mass is 411 g/mol. The molecule has 0 atom stereocenters. The first-order chi connectivity index (χ1) is 14.0. The van der Waals surface area contributed by atoms with Crippen LogP contribution in [0.3, 0.4) is 0 Å². The third-order valence-electron chi connectivity index (χ3n) is 5.11. The minimum absolute atomic E-state index is 0.0667. The van der Waals surface area contributed by atoms with Crippen LogP contribution in [0.15, 0.2) is 48.5 Å². The van der Waals surface area contributed by atoms with Gasteiger partial charge in [-0.15, -0.1) is 0 Å². The number of benzene rings is 2. The zero-order valence-corrected chi connectivity index (χ0v) is 18.1. The van der Waals surface area contributed by atoms with Crippen LogP contribution in [-0.2, 0) is 13.0 Å². The van der Waals surface area contributed by atoms with Crippen LogP contribution in [0.5, 0.6) is 0 Å². The van der Waals surface area contributed by atoms with Gasteiger partial charge < -0.3 is 9.88 Å². The molecule has 154 valence electrons. The van der Waals surface area contributed by atoms with Gasteiger partial charge in [-0.1, -0.05) is 50.1 Å². The molecule has 2 aromatic carbocycles. The van der Waals surface area contributed by atoms with E-state index in [-0.39, 0.29) is 5.91 Å². The van der Waals surface area contributed by atoms with E-state index < -0.39 is 0 Å². The largest absolute Gasteiger partial charge is 0.352 e. The molecular formula is C24H30ClN3O. The molecule has 29 heavy (non-hydrogen) atoms. The third-order valence-corrected chi connectivity index (χ3v) is 5.35. The quantitative estimate of drug-likeness (QED) is 0.423. The van der Waals surface area contributed by atoms with Gasteiger partial charge in [0.25, 0.3) is 5.91 Å². The third kappa shape index (κ3) is 6.07. The number of halogens is 1. The number of hydrogen-bond donors (Lipinski definition) is 1. The molecule has 4 nitrogen and oxygen atoms in total. The summed E-state index contributed by atoms with van der Waals surface area (Å²) >= 11 is 5.94. The first-order valence-electron chi connectivity index (χ1n) is 10.5. The highest BCUT2D eigenvalue weighted by atomic mass is 35.5. The van der Waals surface area contributed by atoms with E-state index in [1.165, 1.54) is 11.3 Å². The lowest BCUT2D eigenvalue weighted by Gasteiger charge is -2.11. The standard InChI is InChI=1S/C24H30ClN3O/c1-18(2)14-16-28-22-12-6-5-11-21(22)27-23(28)13-4-3-7-15-26-24(29)19-9-8-10-20(25)17-19/h5-6,8-12,17-18H,3-4,7,13-16H2,1-2H3,(H,26,29). The van der Waals surface area contributed by atoms with Crippen molar-refractivity contribution >= 4 is 28.5 Å². The molecule has 0 saturated heterocycles. The van der Waals surface area contributed by atoms with Gasteiger partial charge in [-0.2, -0.15) is 0 Å². The number of carbonyl (C=O) groups excluding carboxylic acids is 1. The maximum atomic E-state index is 12.1. The number of aryl methyl sites for hydroxylation is 2. The molecule has 0 fully saturated rings. The van der Waals surface area contributed by atoms with Crippen LogP contribution >= 0.6 is 11.6 Å². The molecule has 3 aromatic rings. The number of unbranched alkanes of at least 4 members (excludes halogenated alkanes) is 2. The Hall–Kier alpha value is -2.33. The first-order valence-corrected chi connectivity index (χ1v) is 10.9. The van der Waals surface area contributed by atoms with Crippen molar-refractivity contribution in [2.24, 2.45) is 5.92 Å². The summed E-state index contributed by atoms with van der Waals surface area (Å²) in [5.41, 5.74) is 2.92. The average molecular weight is 412 g/mol. The number of nitrogens with one attached hydrogen (secondary N) is 1. The molecule has 1 amide bonds. The van der Waals surface area contributed by atoms with Gasteiger partial charge >= 0.3 is 0 Å². The van der Waals surface area contributed by atoms with Crippen molar-refractivity contribution in [3.05, 3.63) is 64.9 Å². The van der Waals surface area contributed by atoms with Gasteiger partial charge in [-0.3, -0.25) is 4.79 Å². The number of rotatable bonds is 10. The summed E-state index contributed by atoms with van der Waals surface area (Å²) in [5.74, 6) is 1.78. The molecule has 0 aliphatic rings. The molecule has 1 N–H and O–H groups in total. The van der Waals surface area contributed by atoms with Crippen molar-refractivity contribution < 1.29 is 4.79 Å². The minimum atomic E-state index is -0.0667. The predicted molar refractivity (Wildman–Crippen MR) is 121 cm³/mol. The maximum Gasteiger partial charge on any atom is 0.251 e. The van der Waals surface area contributed by atoms with Crippen molar-refractivity contribution in [1.82, 2.24) is 14.9 Å². The molecule has 0 aliphatic heterocycles. The van der Waals surface area contributed by atoms with Crippen LogP contribution in [-0.4, -0.2) is 22.0 Å². The van der Waals surface area contributed by atoms with Gasteiger partial charge in [0.1, 0.15) is 5.82 Å². The summed E-state index contributed by atoms with van der Waals surface area (Å²) < 4.78 is 2.39. The summed E-state index contributed by atoms with van der Waals surface area (Å²) in [4.78, 5) is 17.0. The number of amides is 1. The minimum Gasteiger partial charge on any atom is -0.352 e.